The predicted molar refractivity (Wildman–Crippen MR) is 82.3 cm³/mol. The Labute approximate surface area is 127 Å². The van der Waals surface area contributed by atoms with E-state index < -0.39 is 5.60 Å². The summed E-state index contributed by atoms with van der Waals surface area (Å²) in [4.78, 5) is 13.8. The molecule has 0 radical (unpaired) electrons. The molecular weight excluding hydrogens is 266 g/mol. The molecule has 0 aromatic heterocycles. The lowest BCUT2D eigenvalue weighted by Crippen LogP contribution is -2.33. The molecule has 0 bridgehead atoms. The van der Waals surface area contributed by atoms with Gasteiger partial charge in [-0.1, -0.05) is 19.4 Å². The number of fused-ring (bicyclic) bond motifs is 1. The molecular formula is C17H25NO3. The number of amides is 1. The van der Waals surface area contributed by atoms with Crippen molar-refractivity contribution >= 4 is 6.09 Å². The van der Waals surface area contributed by atoms with Crippen molar-refractivity contribution in [2.24, 2.45) is 0 Å². The van der Waals surface area contributed by atoms with Gasteiger partial charge in [-0.3, -0.25) is 4.90 Å². The number of carbonyl (C=O) groups excluding carboxylic acids is 1. The molecule has 21 heavy (non-hydrogen) atoms. The van der Waals surface area contributed by atoms with E-state index in [2.05, 4.69) is 6.92 Å². The quantitative estimate of drug-likeness (QED) is 0.783. The van der Waals surface area contributed by atoms with Crippen LogP contribution in [0.5, 0.6) is 5.75 Å². The molecule has 1 aromatic carbocycles. The Morgan fingerprint density at radius 1 is 1.24 bits per heavy atom. The molecule has 1 aliphatic heterocycles. The molecule has 0 fully saturated rings. The average Bonchev–Trinajstić information content (AvgIpc) is 2.80. The van der Waals surface area contributed by atoms with Crippen molar-refractivity contribution < 1.29 is 14.3 Å². The third-order valence-corrected chi connectivity index (χ3v) is 3.32. The fourth-order valence-electron chi connectivity index (χ4n) is 2.25. The lowest BCUT2D eigenvalue weighted by Gasteiger charge is -2.24. The first-order valence-electron chi connectivity index (χ1n) is 7.61. The van der Waals surface area contributed by atoms with Crippen LogP contribution in [-0.4, -0.2) is 23.2 Å². The van der Waals surface area contributed by atoms with Gasteiger partial charge in [0.2, 0.25) is 0 Å². The molecule has 1 aromatic rings. The molecule has 1 aliphatic rings. The summed E-state index contributed by atoms with van der Waals surface area (Å²) in [6.45, 7) is 9.74. The molecule has 0 saturated heterocycles. The van der Waals surface area contributed by atoms with Crippen molar-refractivity contribution in [2.75, 3.05) is 6.61 Å². The summed E-state index contributed by atoms with van der Waals surface area (Å²) in [5.41, 5.74) is 1.86. The number of ether oxygens (including phenoxy) is 2. The van der Waals surface area contributed by atoms with Gasteiger partial charge in [0.15, 0.2) is 0 Å². The predicted octanol–water partition coefficient (Wildman–Crippen LogP) is 4.12. The maximum Gasteiger partial charge on any atom is 0.410 e. The van der Waals surface area contributed by atoms with Crippen molar-refractivity contribution in [2.45, 2.75) is 59.2 Å². The summed E-state index contributed by atoms with van der Waals surface area (Å²) in [6.07, 6.45) is 1.92. The summed E-state index contributed by atoms with van der Waals surface area (Å²) >= 11 is 0. The summed E-state index contributed by atoms with van der Waals surface area (Å²) in [5, 5.41) is 0. The molecule has 0 N–H and O–H groups in total. The SMILES string of the molecule is CCCCOc1ccc2c(c1)CN(C(=O)OC(C)(C)C)C2. The highest BCUT2D eigenvalue weighted by molar-refractivity contribution is 5.69. The molecule has 2 rings (SSSR count). The summed E-state index contributed by atoms with van der Waals surface area (Å²) < 4.78 is 11.1. The standard InChI is InChI=1S/C17H25NO3/c1-5-6-9-20-15-8-7-13-11-18(12-14(13)10-15)16(19)21-17(2,3)4/h7-8,10H,5-6,9,11-12H2,1-4H3. The van der Waals surface area contributed by atoms with Gasteiger partial charge in [0, 0.05) is 13.1 Å². The number of benzene rings is 1. The number of rotatable bonds is 4. The van der Waals surface area contributed by atoms with Gasteiger partial charge in [-0.05, 0) is 50.5 Å². The normalized spacial score (nSPS) is 14.0. The number of nitrogens with zero attached hydrogens (tertiary/aromatic N) is 1. The third kappa shape index (κ3) is 4.38. The fourth-order valence-corrected chi connectivity index (χ4v) is 2.25. The van der Waals surface area contributed by atoms with E-state index in [1.54, 1.807) is 4.90 Å². The van der Waals surface area contributed by atoms with Gasteiger partial charge in [-0.15, -0.1) is 0 Å². The molecule has 4 nitrogen and oxygen atoms in total. The zero-order chi connectivity index (χ0) is 15.5. The van der Waals surface area contributed by atoms with Gasteiger partial charge < -0.3 is 9.47 Å². The van der Waals surface area contributed by atoms with Crippen LogP contribution in [0, 0.1) is 0 Å². The molecule has 1 heterocycles. The Bertz CT molecular complexity index is 505. The van der Waals surface area contributed by atoms with E-state index in [1.807, 2.05) is 39.0 Å². The van der Waals surface area contributed by atoms with Gasteiger partial charge >= 0.3 is 6.09 Å². The number of hydrogen-bond donors (Lipinski definition) is 0. The Morgan fingerprint density at radius 3 is 2.62 bits per heavy atom. The fraction of sp³-hybridized carbons (Fsp3) is 0.588. The second-order valence-corrected chi connectivity index (χ2v) is 6.47. The Kier molecular flexibility index (Phi) is 4.76. The minimum absolute atomic E-state index is 0.257. The highest BCUT2D eigenvalue weighted by Crippen LogP contribution is 2.28. The highest BCUT2D eigenvalue weighted by atomic mass is 16.6. The van der Waals surface area contributed by atoms with Gasteiger partial charge in [0.25, 0.3) is 0 Å². The van der Waals surface area contributed by atoms with Crippen LogP contribution < -0.4 is 4.74 Å². The summed E-state index contributed by atoms with van der Waals surface area (Å²) in [7, 11) is 0. The number of hydrogen-bond acceptors (Lipinski definition) is 3. The molecule has 0 aliphatic carbocycles. The lowest BCUT2D eigenvalue weighted by molar-refractivity contribution is 0.0242. The van der Waals surface area contributed by atoms with Crippen molar-refractivity contribution in [1.29, 1.82) is 0 Å². The Balaban J connectivity index is 1.97. The molecule has 116 valence electrons. The van der Waals surface area contributed by atoms with Crippen LogP contribution in [-0.2, 0) is 17.8 Å². The van der Waals surface area contributed by atoms with Gasteiger partial charge in [-0.25, -0.2) is 4.79 Å². The average molecular weight is 291 g/mol. The van der Waals surface area contributed by atoms with E-state index in [0.717, 1.165) is 30.8 Å². The van der Waals surface area contributed by atoms with Crippen LogP contribution in [0.2, 0.25) is 0 Å². The van der Waals surface area contributed by atoms with E-state index in [0.29, 0.717) is 13.1 Å². The maximum absolute atomic E-state index is 12.1. The first-order chi connectivity index (χ1) is 9.89. The summed E-state index contributed by atoms with van der Waals surface area (Å²) in [6, 6.07) is 6.06. The largest absolute Gasteiger partial charge is 0.494 e. The zero-order valence-electron chi connectivity index (χ0n) is 13.4. The van der Waals surface area contributed by atoms with Crippen molar-refractivity contribution in [3.8, 4) is 5.75 Å². The van der Waals surface area contributed by atoms with Crippen LogP contribution in [0.4, 0.5) is 4.79 Å². The number of carbonyl (C=O) groups is 1. The number of unbranched alkanes of at least 4 members (excludes halogenated alkanes) is 1. The van der Waals surface area contributed by atoms with Gasteiger partial charge in [0.05, 0.1) is 6.61 Å². The molecule has 4 heteroatoms. The Hall–Kier alpha value is -1.71. The smallest absolute Gasteiger partial charge is 0.410 e. The van der Waals surface area contributed by atoms with Crippen LogP contribution in [0.15, 0.2) is 18.2 Å². The van der Waals surface area contributed by atoms with Gasteiger partial charge in [0.1, 0.15) is 11.4 Å². The van der Waals surface area contributed by atoms with Crippen LogP contribution >= 0.6 is 0 Å². The second kappa shape index (κ2) is 6.37. The summed E-state index contributed by atoms with van der Waals surface area (Å²) in [5.74, 6) is 0.883. The molecule has 0 atom stereocenters. The van der Waals surface area contributed by atoms with E-state index in [-0.39, 0.29) is 6.09 Å². The van der Waals surface area contributed by atoms with Crippen molar-refractivity contribution in [3.05, 3.63) is 29.3 Å². The van der Waals surface area contributed by atoms with Crippen LogP contribution in [0.1, 0.15) is 51.7 Å². The van der Waals surface area contributed by atoms with E-state index in [1.165, 1.54) is 5.56 Å². The van der Waals surface area contributed by atoms with Gasteiger partial charge in [-0.2, -0.15) is 0 Å². The first-order valence-corrected chi connectivity index (χ1v) is 7.61. The van der Waals surface area contributed by atoms with Crippen LogP contribution in [0.3, 0.4) is 0 Å². The van der Waals surface area contributed by atoms with Crippen molar-refractivity contribution in [3.63, 3.8) is 0 Å². The Morgan fingerprint density at radius 2 is 1.95 bits per heavy atom. The maximum atomic E-state index is 12.1. The van der Waals surface area contributed by atoms with E-state index in [9.17, 15) is 4.79 Å². The van der Waals surface area contributed by atoms with Crippen LogP contribution in [0.25, 0.3) is 0 Å². The third-order valence-electron chi connectivity index (χ3n) is 3.32. The van der Waals surface area contributed by atoms with Crippen molar-refractivity contribution in [1.82, 2.24) is 4.90 Å². The topological polar surface area (TPSA) is 38.8 Å². The molecule has 1 amide bonds. The zero-order valence-corrected chi connectivity index (χ0v) is 13.4. The lowest BCUT2D eigenvalue weighted by atomic mass is 10.1. The first kappa shape index (κ1) is 15.7. The van der Waals surface area contributed by atoms with E-state index in [4.69, 9.17) is 9.47 Å². The molecule has 0 spiro atoms. The monoisotopic (exact) mass is 291 g/mol. The van der Waals surface area contributed by atoms with E-state index >= 15 is 0 Å². The molecule has 0 unspecified atom stereocenters. The second-order valence-electron chi connectivity index (χ2n) is 6.47. The molecule has 0 saturated carbocycles. The minimum Gasteiger partial charge on any atom is -0.494 e. The minimum atomic E-state index is -0.458. The highest BCUT2D eigenvalue weighted by Gasteiger charge is 2.27.